The molecule has 1 heterocycles. The normalized spacial score (nSPS) is 10.1. The highest BCUT2D eigenvalue weighted by molar-refractivity contribution is 5.53. The third-order valence-electron chi connectivity index (χ3n) is 2.54. The van der Waals surface area contributed by atoms with Crippen molar-refractivity contribution in [3.8, 4) is 5.69 Å². The van der Waals surface area contributed by atoms with E-state index in [0.717, 1.165) is 22.6 Å². The van der Waals surface area contributed by atoms with Gasteiger partial charge in [-0.25, -0.2) is 0 Å². The topological polar surface area (TPSA) is 34.0 Å². The minimum Gasteiger partial charge on any atom is -0.360 e. The van der Waals surface area contributed by atoms with Crippen LogP contribution in [0.1, 0.15) is 12.5 Å². The molecule has 0 saturated heterocycles. The summed E-state index contributed by atoms with van der Waals surface area (Å²) in [4.78, 5) is 11.8. The Bertz CT molecular complexity index is 641. The first-order chi connectivity index (χ1) is 8.56. The molecule has 1 N–H and O–H groups in total. The van der Waals surface area contributed by atoms with Crippen molar-refractivity contribution in [1.82, 2.24) is 4.57 Å². The lowest BCUT2D eigenvalue weighted by Crippen LogP contribution is -2.16. The first kappa shape index (κ1) is 12.2. The van der Waals surface area contributed by atoms with Crippen LogP contribution in [-0.4, -0.2) is 4.57 Å². The minimum atomic E-state index is -0.0342. The highest BCUT2D eigenvalue weighted by Gasteiger charge is 2.01. The average Bonchev–Trinajstić information content (AvgIpc) is 2.32. The van der Waals surface area contributed by atoms with Gasteiger partial charge in [0.2, 0.25) is 0 Å². The molecular weight excluding hydrogens is 224 g/mol. The highest BCUT2D eigenvalue weighted by atomic mass is 16.1. The second-order valence-electron chi connectivity index (χ2n) is 4.37. The quantitative estimate of drug-likeness (QED) is 0.894. The van der Waals surface area contributed by atoms with Gasteiger partial charge in [0.1, 0.15) is 0 Å². The molecule has 0 aliphatic rings. The summed E-state index contributed by atoms with van der Waals surface area (Å²) in [5, 5.41) is 3.14. The molecule has 92 valence electrons. The molecule has 1 aromatic heterocycles. The maximum Gasteiger partial charge on any atom is 0.255 e. The average molecular weight is 240 g/mol. The van der Waals surface area contributed by atoms with Crippen LogP contribution in [0.25, 0.3) is 5.69 Å². The third-order valence-corrected chi connectivity index (χ3v) is 2.54. The first-order valence-corrected chi connectivity index (χ1v) is 5.78. The second-order valence-corrected chi connectivity index (χ2v) is 4.37. The molecule has 0 radical (unpaired) electrons. The summed E-state index contributed by atoms with van der Waals surface area (Å²) in [6.07, 6.45) is 1.84. The van der Waals surface area contributed by atoms with Crippen molar-refractivity contribution < 1.29 is 0 Å². The standard InChI is InChI=1S/C15H16N2O/c1-11(2)16-13-5-4-6-14(9-13)17-10-12(3)7-8-15(17)18/h4-10,16H,1H2,2-3H3. The summed E-state index contributed by atoms with van der Waals surface area (Å²) in [6.45, 7) is 7.66. The van der Waals surface area contributed by atoms with Crippen molar-refractivity contribution in [2.24, 2.45) is 0 Å². The Balaban J connectivity index is 2.47. The number of aromatic nitrogens is 1. The van der Waals surface area contributed by atoms with E-state index in [-0.39, 0.29) is 5.56 Å². The molecule has 0 aliphatic carbocycles. The van der Waals surface area contributed by atoms with E-state index in [2.05, 4.69) is 11.9 Å². The number of hydrogen-bond donors (Lipinski definition) is 1. The van der Waals surface area contributed by atoms with Gasteiger partial charge < -0.3 is 5.32 Å². The van der Waals surface area contributed by atoms with Crippen molar-refractivity contribution in [2.75, 3.05) is 5.32 Å². The van der Waals surface area contributed by atoms with Crippen molar-refractivity contribution in [3.63, 3.8) is 0 Å². The molecule has 0 atom stereocenters. The smallest absolute Gasteiger partial charge is 0.255 e. The molecule has 0 amide bonds. The molecule has 0 unspecified atom stereocenters. The summed E-state index contributed by atoms with van der Waals surface area (Å²) in [5.74, 6) is 0. The summed E-state index contributed by atoms with van der Waals surface area (Å²) in [5.41, 5.74) is 3.65. The monoisotopic (exact) mass is 240 g/mol. The Morgan fingerprint density at radius 1 is 1.28 bits per heavy atom. The minimum absolute atomic E-state index is 0.0342. The van der Waals surface area contributed by atoms with Crippen LogP contribution in [0.5, 0.6) is 0 Å². The van der Waals surface area contributed by atoms with Gasteiger partial charge in [-0.15, -0.1) is 0 Å². The van der Waals surface area contributed by atoms with Gasteiger partial charge >= 0.3 is 0 Å². The number of nitrogens with zero attached hydrogens (tertiary/aromatic N) is 1. The van der Waals surface area contributed by atoms with Gasteiger partial charge in [-0.2, -0.15) is 0 Å². The summed E-state index contributed by atoms with van der Waals surface area (Å²) < 4.78 is 1.64. The van der Waals surface area contributed by atoms with Gasteiger partial charge in [-0.1, -0.05) is 18.7 Å². The molecule has 2 aromatic rings. The fourth-order valence-corrected chi connectivity index (χ4v) is 1.78. The van der Waals surface area contributed by atoms with Crippen LogP contribution >= 0.6 is 0 Å². The van der Waals surface area contributed by atoms with Gasteiger partial charge in [-0.05, 0) is 37.6 Å². The Hall–Kier alpha value is -2.29. The van der Waals surface area contributed by atoms with Crippen molar-refractivity contribution in [3.05, 3.63) is 70.8 Å². The fraction of sp³-hybridized carbons (Fsp3) is 0.133. The molecule has 0 saturated carbocycles. The molecule has 0 aliphatic heterocycles. The molecule has 3 nitrogen and oxygen atoms in total. The molecule has 0 spiro atoms. The van der Waals surface area contributed by atoms with Crippen LogP contribution in [0.2, 0.25) is 0 Å². The zero-order valence-corrected chi connectivity index (χ0v) is 10.6. The Kier molecular flexibility index (Phi) is 3.33. The Morgan fingerprint density at radius 3 is 2.78 bits per heavy atom. The van der Waals surface area contributed by atoms with Gasteiger partial charge in [0, 0.05) is 23.6 Å². The van der Waals surface area contributed by atoms with E-state index >= 15 is 0 Å². The van der Waals surface area contributed by atoms with E-state index in [4.69, 9.17) is 0 Å². The predicted molar refractivity (Wildman–Crippen MR) is 75.2 cm³/mol. The SMILES string of the molecule is C=C(C)Nc1cccc(-n2cc(C)ccc2=O)c1. The number of hydrogen-bond acceptors (Lipinski definition) is 2. The maximum absolute atomic E-state index is 11.8. The molecule has 3 heteroatoms. The van der Waals surface area contributed by atoms with Crippen LogP contribution in [0.4, 0.5) is 5.69 Å². The van der Waals surface area contributed by atoms with Crippen molar-refractivity contribution in [1.29, 1.82) is 0 Å². The van der Waals surface area contributed by atoms with Crippen LogP contribution in [0.15, 0.2) is 59.7 Å². The molecule has 18 heavy (non-hydrogen) atoms. The van der Waals surface area contributed by atoms with E-state index in [1.165, 1.54) is 0 Å². The number of pyridine rings is 1. The van der Waals surface area contributed by atoms with Crippen LogP contribution in [0.3, 0.4) is 0 Å². The van der Waals surface area contributed by atoms with Crippen molar-refractivity contribution >= 4 is 5.69 Å². The third kappa shape index (κ3) is 2.69. The molecule has 0 fully saturated rings. The van der Waals surface area contributed by atoms with Crippen molar-refractivity contribution in [2.45, 2.75) is 13.8 Å². The molecule has 2 rings (SSSR count). The highest BCUT2D eigenvalue weighted by Crippen LogP contribution is 2.15. The van der Waals surface area contributed by atoms with E-state index in [1.54, 1.807) is 10.6 Å². The number of allylic oxidation sites excluding steroid dienone is 1. The van der Waals surface area contributed by atoms with E-state index in [9.17, 15) is 4.79 Å². The second kappa shape index (κ2) is 4.92. The summed E-state index contributed by atoms with van der Waals surface area (Å²) in [7, 11) is 0. The van der Waals surface area contributed by atoms with Gasteiger partial charge in [-0.3, -0.25) is 9.36 Å². The Labute approximate surface area is 106 Å². The number of benzene rings is 1. The van der Waals surface area contributed by atoms with Crippen LogP contribution in [-0.2, 0) is 0 Å². The number of rotatable bonds is 3. The molecule has 0 bridgehead atoms. The van der Waals surface area contributed by atoms with E-state index in [1.807, 2.05) is 50.4 Å². The lowest BCUT2D eigenvalue weighted by atomic mass is 10.2. The van der Waals surface area contributed by atoms with Gasteiger partial charge in [0.15, 0.2) is 0 Å². The number of aryl methyl sites for hydroxylation is 1. The van der Waals surface area contributed by atoms with E-state index in [0.29, 0.717) is 0 Å². The Morgan fingerprint density at radius 2 is 2.06 bits per heavy atom. The van der Waals surface area contributed by atoms with Crippen LogP contribution < -0.4 is 10.9 Å². The number of nitrogens with one attached hydrogen (secondary N) is 1. The fourth-order valence-electron chi connectivity index (χ4n) is 1.78. The van der Waals surface area contributed by atoms with Crippen LogP contribution in [0, 0.1) is 6.92 Å². The zero-order valence-electron chi connectivity index (χ0n) is 10.6. The first-order valence-electron chi connectivity index (χ1n) is 5.78. The lowest BCUT2D eigenvalue weighted by molar-refractivity contribution is 0.977. The summed E-state index contributed by atoms with van der Waals surface area (Å²) in [6, 6.07) is 11.1. The number of anilines is 1. The molecular formula is C15H16N2O. The van der Waals surface area contributed by atoms with Gasteiger partial charge in [0.05, 0.1) is 5.69 Å². The predicted octanol–water partition coefficient (Wildman–Crippen LogP) is 3.09. The zero-order chi connectivity index (χ0) is 13.1. The summed E-state index contributed by atoms with van der Waals surface area (Å²) >= 11 is 0. The lowest BCUT2D eigenvalue weighted by Gasteiger charge is -2.10. The largest absolute Gasteiger partial charge is 0.360 e. The molecule has 1 aromatic carbocycles. The van der Waals surface area contributed by atoms with Gasteiger partial charge in [0.25, 0.3) is 5.56 Å². The van der Waals surface area contributed by atoms with E-state index < -0.39 is 0 Å². The maximum atomic E-state index is 11.8.